The molecule has 0 bridgehead atoms. The summed E-state index contributed by atoms with van der Waals surface area (Å²) in [6.45, 7) is 5.78. The maximum absolute atomic E-state index is 12.0. The Morgan fingerprint density at radius 1 is 1.29 bits per heavy atom. The van der Waals surface area contributed by atoms with E-state index in [1.807, 2.05) is 24.3 Å². The van der Waals surface area contributed by atoms with E-state index in [9.17, 15) is 4.79 Å². The molecule has 0 radical (unpaired) electrons. The summed E-state index contributed by atoms with van der Waals surface area (Å²) in [6, 6.07) is 7.52. The van der Waals surface area contributed by atoms with Crippen molar-refractivity contribution < 1.29 is 13.9 Å². The number of hydrogen-bond donors (Lipinski definition) is 1. The van der Waals surface area contributed by atoms with E-state index >= 15 is 0 Å². The van der Waals surface area contributed by atoms with Gasteiger partial charge in [-0.15, -0.1) is 0 Å². The zero-order valence-corrected chi connectivity index (χ0v) is 14.1. The van der Waals surface area contributed by atoms with Gasteiger partial charge in [0, 0.05) is 25.9 Å². The third-order valence-corrected chi connectivity index (χ3v) is 3.95. The molecule has 0 spiro atoms. The zero-order chi connectivity index (χ0) is 16.9. The van der Waals surface area contributed by atoms with Crippen molar-refractivity contribution in [1.29, 1.82) is 0 Å². The number of furan rings is 1. The van der Waals surface area contributed by atoms with E-state index in [4.69, 9.17) is 9.15 Å². The molecule has 0 aromatic carbocycles. The van der Waals surface area contributed by atoms with Crippen LogP contribution in [0.4, 0.5) is 11.5 Å². The minimum atomic E-state index is -0.0467. The van der Waals surface area contributed by atoms with Gasteiger partial charge in [0.2, 0.25) is 5.91 Å². The molecule has 1 saturated heterocycles. The highest BCUT2D eigenvalue weighted by molar-refractivity contribution is 5.90. The van der Waals surface area contributed by atoms with Gasteiger partial charge < -0.3 is 19.4 Å². The van der Waals surface area contributed by atoms with Gasteiger partial charge in [-0.25, -0.2) is 4.98 Å². The molecule has 1 N–H and O–H groups in total. The van der Waals surface area contributed by atoms with Gasteiger partial charge in [0.05, 0.1) is 30.4 Å². The summed E-state index contributed by atoms with van der Waals surface area (Å²) >= 11 is 0. The van der Waals surface area contributed by atoms with E-state index in [-0.39, 0.29) is 18.1 Å². The number of carbonyl (C=O) groups excluding carboxylic acids is 1. The smallest absolute Gasteiger partial charge is 0.224 e. The predicted molar refractivity (Wildman–Crippen MR) is 92.1 cm³/mol. The van der Waals surface area contributed by atoms with E-state index in [2.05, 4.69) is 29.0 Å². The van der Waals surface area contributed by atoms with Crippen molar-refractivity contribution >= 4 is 17.4 Å². The molecular weight excluding hydrogens is 306 g/mol. The van der Waals surface area contributed by atoms with E-state index in [1.165, 1.54) is 0 Å². The largest absolute Gasteiger partial charge is 0.469 e. The first-order valence-corrected chi connectivity index (χ1v) is 8.29. The molecule has 3 rings (SSSR count). The summed E-state index contributed by atoms with van der Waals surface area (Å²) in [6.07, 6.45) is 4.67. The highest BCUT2D eigenvalue weighted by Crippen LogP contribution is 2.19. The number of carbonyl (C=O) groups is 1. The maximum Gasteiger partial charge on any atom is 0.224 e. The van der Waals surface area contributed by atoms with Crippen LogP contribution in [-0.4, -0.2) is 36.2 Å². The monoisotopic (exact) mass is 329 g/mol. The van der Waals surface area contributed by atoms with Gasteiger partial charge >= 0.3 is 0 Å². The van der Waals surface area contributed by atoms with Crippen LogP contribution in [0.2, 0.25) is 0 Å². The lowest BCUT2D eigenvalue weighted by atomic mass is 10.2. The van der Waals surface area contributed by atoms with Crippen molar-refractivity contribution in [2.24, 2.45) is 0 Å². The third-order valence-electron chi connectivity index (χ3n) is 3.95. The topological polar surface area (TPSA) is 67.6 Å². The number of rotatable bonds is 5. The summed E-state index contributed by atoms with van der Waals surface area (Å²) in [5.74, 6) is 1.68. The molecule has 1 amide bonds. The Balaban J connectivity index is 1.53. The first kappa shape index (κ1) is 16.5. The van der Waals surface area contributed by atoms with E-state index in [1.54, 1.807) is 12.5 Å². The fourth-order valence-electron chi connectivity index (χ4n) is 2.93. The van der Waals surface area contributed by atoms with Gasteiger partial charge in [0.1, 0.15) is 11.6 Å². The first-order valence-electron chi connectivity index (χ1n) is 8.29. The molecule has 24 heavy (non-hydrogen) atoms. The fourth-order valence-corrected chi connectivity index (χ4v) is 2.93. The lowest BCUT2D eigenvalue weighted by molar-refractivity contribution is -0.116. The molecule has 6 nitrogen and oxygen atoms in total. The molecular formula is C18H23N3O3. The number of nitrogens with one attached hydrogen (secondary N) is 1. The maximum atomic E-state index is 12.0. The third kappa shape index (κ3) is 4.35. The second-order valence-electron chi connectivity index (χ2n) is 6.19. The van der Waals surface area contributed by atoms with Crippen LogP contribution in [0.3, 0.4) is 0 Å². The summed E-state index contributed by atoms with van der Waals surface area (Å²) < 4.78 is 11.0. The van der Waals surface area contributed by atoms with Crippen LogP contribution in [0.5, 0.6) is 0 Å². The SMILES string of the molecule is C[C@H]1CN(c2ccc(NC(=O)CCc3ccco3)cn2)C[C@H](C)O1. The van der Waals surface area contributed by atoms with Crippen molar-refractivity contribution in [1.82, 2.24) is 4.98 Å². The lowest BCUT2D eigenvalue weighted by Crippen LogP contribution is -2.45. The normalized spacial score (nSPS) is 20.8. The second kappa shape index (κ2) is 7.49. The first-order chi connectivity index (χ1) is 11.6. The Morgan fingerprint density at radius 2 is 2.08 bits per heavy atom. The van der Waals surface area contributed by atoms with Gasteiger partial charge in [-0.1, -0.05) is 0 Å². The Labute approximate surface area is 141 Å². The molecule has 3 heterocycles. The predicted octanol–water partition coefficient (Wildman–Crippen LogP) is 2.86. The standard InChI is InChI=1S/C18H23N3O3/c1-13-11-21(12-14(2)24-13)17-7-5-15(10-19-17)20-18(22)8-6-16-4-3-9-23-16/h3-5,7,9-10,13-14H,6,8,11-12H2,1-2H3,(H,20,22)/t13-,14-/m0/s1. The van der Waals surface area contributed by atoms with Crippen molar-refractivity contribution in [3.8, 4) is 0 Å². The molecule has 0 saturated carbocycles. The van der Waals surface area contributed by atoms with Crippen LogP contribution in [0.15, 0.2) is 41.1 Å². The Hall–Kier alpha value is -2.34. The molecule has 0 aliphatic carbocycles. The average Bonchev–Trinajstić information content (AvgIpc) is 3.06. The van der Waals surface area contributed by atoms with Gasteiger partial charge in [-0.2, -0.15) is 0 Å². The van der Waals surface area contributed by atoms with Crippen LogP contribution in [0, 0.1) is 0 Å². The Morgan fingerprint density at radius 3 is 2.71 bits per heavy atom. The number of ether oxygens (including phenoxy) is 1. The highest BCUT2D eigenvalue weighted by atomic mass is 16.5. The van der Waals surface area contributed by atoms with Crippen LogP contribution in [-0.2, 0) is 16.0 Å². The molecule has 0 unspecified atom stereocenters. The molecule has 1 aliphatic rings. The van der Waals surface area contributed by atoms with Crippen molar-refractivity contribution in [3.05, 3.63) is 42.5 Å². The number of aryl methyl sites for hydroxylation is 1. The number of nitrogens with zero attached hydrogens (tertiary/aromatic N) is 2. The average molecular weight is 329 g/mol. The lowest BCUT2D eigenvalue weighted by Gasteiger charge is -2.36. The summed E-state index contributed by atoms with van der Waals surface area (Å²) in [5, 5.41) is 2.87. The Bertz CT molecular complexity index is 645. The number of morpholine rings is 1. The second-order valence-corrected chi connectivity index (χ2v) is 6.19. The van der Waals surface area contributed by atoms with E-state index in [0.29, 0.717) is 18.5 Å². The van der Waals surface area contributed by atoms with Crippen LogP contribution < -0.4 is 10.2 Å². The summed E-state index contributed by atoms with van der Waals surface area (Å²) in [5.41, 5.74) is 0.706. The number of pyridine rings is 1. The number of aromatic nitrogens is 1. The quantitative estimate of drug-likeness (QED) is 0.913. The van der Waals surface area contributed by atoms with Gasteiger partial charge in [-0.3, -0.25) is 4.79 Å². The molecule has 1 aliphatic heterocycles. The number of hydrogen-bond acceptors (Lipinski definition) is 5. The summed E-state index contributed by atoms with van der Waals surface area (Å²) in [4.78, 5) is 18.7. The van der Waals surface area contributed by atoms with Gasteiger partial charge in [0.15, 0.2) is 0 Å². The van der Waals surface area contributed by atoms with E-state index < -0.39 is 0 Å². The van der Waals surface area contributed by atoms with Crippen molar-refractivity contribution in [3.63, 3.8) is 0 Å². The minimum Gasteiger partial charge on any atom is -0.469 e. The van der Waals surface area contributed by atoms with Crippen LogP contribution in [0.1, 0.15) is 26.0 Å². The molecule has 1 fully saturated rings. The van der Waals surface area contributed by atoms with Crippen molar-refractivity contribution in [2.45, 2.75) is 38.9 Å². The number of anilines is 2. The van der Waals surface area contributed by atoms with Crippen LogP contribution in [0.25, 0.3) is 0 Å². The molecule has 2 atom stereocenters. The minimum absolute atomic E-state index is 0.0467. The zero-order valence-electron chi connectivity index (χ0n) is 14.1. The van der Waals surface area contributed by atoms with Crippen molar-refractivity contribution in [2.75, 3.05) is 23.3 Å². The van der Waals surface area contributed by atoms with Gasteiger partial charge in [-0.05, 0) is 38.1 Å². The highest BCUT2D eigenvalue weighted by Gasteiger charge is 2.23. The van der Waals surface area contributed by atoms with E-state index in [0.717, 1.165) is 24.7 Å². The summed E-state index contributed by atoms with van der Waals surface area (Å²) in [7, 11) is 0. The van der Waals surface area contributed by atoms with Crippen LogP contribution >= 0.6 is 0 Å². The number of amides is 1. The molecule has 6 heteroatoms. The molecule has 128 valence electrons. The fraction of sp³-hybridized carbons (Fsp3) is 0.444. The Kier molecular flexibility index (Phi) is 5.15. The molecule has 2 aromatic rings. The molecule has 2 aromatic heterocycles. The van der Waals surface area contributed by atoms with Gasteiger partial charge in [0.25, 0.3) is 0 Å².